The summed E-state index contributed by atoms with van der Waals surface area (Å²) in [4.78, 5) is 12.5. The van der Waals surface area contributed by atoms with E-state index in [1.807, 2.05) is 0 Å². The van der Waals surface area contributed by atoms with Crippen LogP contribution in [0.5, 0.6) is 0 Å². The van der Waals surface area contributed by atoms with E-state index >= 15 is 0 Å². The molecular weight excluding hydrogens is 276 g/mol. The highest BCUT2D eigenvalue weighted by Crippen LogP contribution is 2.42. The van der Waals surface area contributed by atoms with Crippen molar-refractivity contribution in [3.63, 3.8) is 0 Å². The van der Waals surface area contributed by atoms with Gasteiger partial charge in [-0.3, -0.25) is 4.79 Å². The molecule has 116 valence electrons. The molecule has 1 fully saturated rings. The van der Waals surface area contributed by atoms with Gasteiger partial charge >= 0.3 is 0 Å². The number of hydrogen-bond acceptors (Lipinski definition) is 2. The highest BCUT2D eigenvalue weighted by Gasteiger charge is 2.44. The zero-order chi connectivity index (χ0) is 15.5. The first-order valence-corrected chi connectivity index (χ1v) is 7.37. The van der Waals surface area contributed by atoms with Crippen molar-refractivity contribution in [2.45, 2.75) is 50.5 Å². The van der Waals surface area contributed by atoms with E-state index in [0.29, 0.717) is 25.8 Å². The number of benzene rings is 1. The lowest BCUT2D eigenvalue weighted by atomic mass is 9.77. The van der Waals surface area contributed by atoms with Gasteiger partial charge in [0.1, 0.15) is 11.6 Å². The number of aliphatic hydroxyl groups excluding tert-OH is 1. The van der Waals surface area contributed by atoms with Gasteiger partial charge in [0.05, 0.1) is 11.5 Å². The van der Waals surface area contributed by atoms with E-state index in [2.05, 4.69) is 5.32 Å². The summed E-state index contributed by atoms with van der Waals surface area (Å²) in [6.45, 7) is 2.00. The second-order valence-electron chi connectivity index (χ2n) is 5.81. The number of amides is 1. The minimum Gasteiger partial charge on any atom is -0.393 e. The lowest BCUT2D eigenvalue weighted by Gasteiger charge is -2.29. The van der Waals surface area contributed by atoms with Gasteiger partial charge in [0.15, 0.2) is 0 Å². The molecule has 2 rings (SSSR count). The van der Waals surface area contributed by atoms with E-state index in [4.69, 9.17) is 0 Å². The van der Waals surface area contributed by atoms with Gasteiger partial charge in [-0.15, -0.1) is 0 Å². The summed E-state index contributed by atoms with van der Waals surface area (Å²) in [6, 6.07) is 3.41. The molecule has 0 spiro atoms. The molecule has 1 aliphatic carbocycles. The minimum atomic E-state index is -0.906. The Labute approximate surface area is 123 Å². The van der Waals surface area contributed by atoms with Crippen molar-refractivity contribution in [3.05, 3.63) is 35.4 Å². The molecule has 0 aliphatic heterocycles. The Hall–Kier alpha value is -1.49. The number of halogens is 2. The quantitative estimate of drug-likeness (QED) is 0.878. The zero-order valence-electron chi connectivity index (χ0n) is 12.2. The fourth-order valence-electron chi connectivity index (χ4n) is 3.04. The van der Waals surface area contributed by atoms with Crippen LogP contribution in [-0.4, -0.2) is 23.7 Å². The third-order valence-corrected chi connectivity index (χ3v) is 4.19. The van der Waals surface area contributed by atoms with Gasteiger partial charge in [0.2, 0.25) is 5.91 Å². The van der Waals surface area contributed by atoms with Crippen LogP contribution in [0.25, 0.3) is 0 Å². The molecule has 1 aromatic carbocycles. The number of hydrogen-bond donors (Lipinski definition) is 2. The Kier molecular flexibility index (Phi) is 4.93. The predicted octanol–water partition coefficient (Wildman–Crippen LogP) is 2.66. The van der Waals surface area contributed by atoms with Gasteiger partial charge in [-0.25, -0.2) is 8.78 Å². The second-order valence-corrected chi connectivity index (χ2v) is 5.81. The Morgan fingerprint density at radius 3 is 2.62 bits per heavy atom. The van der Waals surface area contributed by atoms with Crippen molar-refractivity contribution in [1.29, 1.82) is 0 Å². The largest absolute Gasteiger partial charge is 0.393 e. The van der Waals surface area contributed by atoms with Crippen molar-refractivity contribution < 1.29 is 18.7 Å². The van der Waals surface area contributed by atoms with Crippen molar-refractivity contribution in [1.82, 2.24) is 5.32 Å². The molecule has 1 amide bonds. The van der Waals surface area contributed by atoms with Gasteiger partial charge in [-0.2, -0.15) is 0 Å². The number of carbonyl (C=O) groups excluding carboxylic acids is 1. The van der Waals surface area contributed by atoms with Gasteiger partial charge in [-0.1, -0.05) is 18.9 Å². The first-order valence-electron chi connectivity index (χ1n) is 7.37. The summed E-state index contributed by atoms with van der Waals surface area (Å²) in [6.07, 6.45) is 2.79. The van der Waals surface area contributed by atoms with Crippen LogP contribution in [-0.2, 0) is 10.2 Å². The number of nitrogens with one attached hydrogen (secondary N) is 1. The fraction of sp³-hybridized carbons (Fsp3) is 0.562. The Bertz CT molecular complexity index is 511. The van der Waals surface area contributed by atoms with Gasteiger partial charge < -0.3 is 10.4 Å². The Morgan fingerprint density at radius 2 is 2.05 bits per heavy atom. The highest BCUT2D eigenvalue weighted by molar-refractivity contribution is 5.88. The van der Waals surface area contributed by atoms with Crippen LogP contribution in [0, 0.1) is 11.6 Å². The van der Waals surface area contributed by atoms with Crippen molar-refractivity contribution in [2.24, 2.45) is 0 Å². The van der Waals surface area contributed by atoms with Crippen LogP contribution in [0.1, 0.15) is 44.6 Å². The zero-order valence-corrected chi connectivity index (χ0v) is 12.2. The van der Waals surface area contributed by atoms with E-state index in [-0.39, 0.29) is 11.5 Å². The molecule has 2 N–H and O–H groups in total. The SMILES string of the molecule is CC(O)CCNC(=O)C1(c2ccc(F)cc2F)CCCC1. The molecule has 1 atom stereocenters. The number of carbonyl (C=O) groups is 1. The molecule has 1 aliphatic rings. The molecule has 0 aromatic heterocycles. The van der Waals surface area contributed by atoms with E-state index in [0.717, 1.165) is 18.9 Å². The molecular formula is C16H21F2NO2. The lowest BCUT2D eigenvalue weighted by molar-refractivity contribution is -0.126. The fourth-order valence-corrected chi connectivity index (χ4v) is 3.04. The van der Waals surface area contributed by atoms with Gasteiger partial charge in [0.25, 0.3) is 0 Å². The third-order valence-electron chi connectivity index (χ3n) is 4.19. The molecule has 1 aromatic rings. The van der Waals surface area contributed by atoms with E-state index in [1.54, 1.807) is 6.92 Å². The normalized spacial score (nSPS) is 18.5. The van der Waals surface area contributed by atoms with Crippen LogP contribution in [0.4, 0.5) is 8.78 Å². The lowest BCUT2D eigenvalue weighted by Crippen LogP contribution is -2.44. The highest BCUT2D eigenvalue weighted by atomic mass is 19.1. The molecule has 21 heavy (non-hydrogen) atoms. The molecule has 1 unspecified atom stereocenters. The second kappa shape index (κ2) is 6.52. The van der Waals surface area contributed by atoms with Crippen LogP contribution < -0.4 is 5.32 Å². The first-order chi connectivity index (χ1) is 9.95. The van der Waals surface area contributed by atoms with E-state index in [9.17, 15) is 18.7 Å². The van der Waals surface area contributed by atoms with E-state index in [1.165, 1.54) is 12.1 Å². The molecule has 0 heterocycles. The minimum absolute atomic E-state index is 0.230. The van der Waals surface area contributed by atoms with Crippen molar-refractivity contribution in [3.8, 4) is 0 Å². The van der Waals surface area contributed by atoms with Gasteiger partial charge in [0, 0.05) is 18.2 Å². The summed E-state index contributed by atoms with van der Waals surface area (Å²) >= 11 is 0. The number of aliphatic hydroxyl groups is 1. The number of rotatable bonds is 5. The molecule has 3 nitrogen and oxygen atoms in total. The van der Waals surface area contributed by atoms with Crippen LogP contribution in [0.3, 0.4) is 0 Å². The van der Waals surface area contributed by atoms with Crippen LogP contribution in [0.15, 0.2) is 18.2 Å². The average Bonchev–Trinajstić information content (AvgIpc) is 2.88. The van der Waals surface area contributed by atoms with E-state index < -0.39 is 23.2 Å². The average molecular weight is 297 g/mol. The maximum atomic E-state index is 14.1. The van der Waals surface area contributed by atoms with Crippen LogP contribution in [0.2, 0.25) is 0 Å². The Morgan fingerprint density at radius 1 is 1.38 bits per heavy atom. The summed E-state index contributed by atoms with van der Waals surface area (Å²) in [7, 11) is 0. The smallest absolute Gasteiger partial charge is 0.230 e. The summed E-state index contributed by atoms with van der Waals surface area (Å²) in [5.41, 5.74) is -0.632. The third kappa shape index (κ3) is 3.40. The topological polar surface area (TPSA) is 49.3 Å². The molecule has 1 saturated carbocycles. The standard InChI is InChI=1S/C16H21F2NO2/c1-11(20)6-9-19-15(21)16(7-2-3-8-16)13-5-4-12(17)10-14(13)18/h4-5,10-11,20H,2-3,6-9H2,1H3,(H,19,21). The molecule has 0 saturated heterocycles. The first kappa shape index (κ1) is 15.9. The van der Waals surface area contributed by atoms with Crippen molar-refractivity contribution >= 4 is 5.91 Å². The Balaban J connectivity index is 2.22. The summed E-state index contributed by atoms with van der Waals surface area (Å²) in [5.74, 6) is -1.53. The molecule has 0 radical (unpaired) electrons. The maximum Gasteiger partial charge on any atom is 0.230 e. The maximum absolute atomic E-state index is 14.1. The summed E-state index contributed by atoms with van der Waals surface area (Å²) < 4.78 is 27.2. The molecule has 0 bridgehead atoms. The predicted molar refractivity (Wildman–Crippen MR) is 75.8 cm³/mol. The van der Waals surface area contributed by atoms with Gasteiger partial charge in [-0.05, 0) is 32.3 Å². The van der Waals surface area contributed by atoms with Crippen LogP contribution >= 0.6 is 0 Å². The monoisotopic (exact) mass is 297 g/mol. The summed E-state index contributed by atoms with van der Waals surface area (Å²) in [5, 5.41) is 12.0. The molecule has 5 heteroatoms. The van der Waals surface area contributed by atoms with Crippen molar-refractivity contribution in [2.75, 3.05) is 6.54 Å².